The van der Waals surface area contributed by atoms with Crippen molar-refractivity contribution in [1.82, 2.24) is 9.97 Å². The van der Waals surface area contributed by atoms with Crippen LogP contribution in [0.25, 0.3) is 28.4 Å². The summed E-state index contributed by atoms with van der Waals surface area (Å²) < 4.78 is 0. The quantitative estimate of drug-likeness (QED) is 0.700. The molecule has 1 aliphatic heterocycles. The Balaban J connectivity index is 1.97. The molecule has 3 heteroatoms. The molecule has 1 aromatic heterocycles. The molecule has 0 bridgehead atoms. The SMILES string of the molecule is Cc1nc2ccc3c(c2nc1-c1ccccc1)C=CC(C)(C)N3. The second kappa shape index (κ2) is 4.92. The van der Waals surface area contributed by atoms with E-state index in [2.05, 4.69) is 49.5 Å². The van der Waals surface area contributed by atoms with Crippen molar-refractivity contribution in [2.75, 3.05) is 5.32 Å². The van der Waals surface area contributed by atoms with E-state index in [1.165, 1.54) is 0 Å². The highest BCUT2D eigenvalue weighted by Gasteiger charge is 2.21. The summed E-state index contributed by atoms with van der Waals surface area (Å²) in [6.07, 6.45) is 4.34. The Hall–Kier alpha value is -2.68. The highest BCUT2D eigenvalue weighted by Crippen LogP contribution is 2.34. The molecule has 0 radical (unpaired) electrons. The first kappa shape index (κ1) is 13.9. The maximum atomic E-state index is 4.95. The minimum Gasteiger partial charge on any atom is -0.376 e. The van der Waals surface area contributed by atoms with Crippen LogP contribution in [0.15, 0.2) is 48.5 Å². The van der Waals surface area contributed by atoms with E-state index in [0.29, 0.717) is 0 Å². The standard InChI is InChI=1S/C20H19N3/c1-13-18(14-7-5-4-6-8-14)22-19-15-11-12-20(2,3)23-16(15)9-10-17(19)21-13/h4-12,23H,1-3H3. The predicted octanol–water partition coefficient (Wildman–Crippen LogP) is 4.82. The number of nitrogens with zero attached hydrogens (tertiary/aromatic N) is 2. The number of anilines is 1. The molecule has 0 spiro atoms. The van der Waals surface area contributed by atoms with E-state index in [-0.39, 0.29) is 5.54 Å². The second-order valence-electron chi connectivity index (χ2n) is 6.60. The van der Waals surface area contributed by atoms with E-state index in [9.17, 15) is 0 Å². The molecule has 0 saturated carbocycles. The van der Waals surface area contributed by atoms with Gasteiger partial charge in [0.25, 0.3) is 0 Å². The normalized spacial score (nSPS) is 15.3. The van der Waals surface area contributed by atoms with E-state index in [1.807, 2.05) is 31.2 Å². The van der Waals surface area contributed by atoms with E-state index >= 15 is 0 Å². The van der Waals surface area contributed by atoms with Crippen molar-refractivity contribution in [2.24, 2.45) is 0 Å². The number of hydrogen-bond acceptors (Lipinski definition) is 3. The third-order valence-electron chi connectivity index (χ3n) is 4.22. The molecular formula is C20H19N3. The van der Waals surface area contributed by atoms with Gasteiger partial charge in [0.05, 0.1) is 28.0 Å². The summed E-state index contributed by atoms with van der Waals surface area (Å²) in [5.74, 6) is 0. The minimum absolute atomic E-state index is 0.0406. The lowest BCUT2D eigenvalue weighted by Crippen LogP contribution is -2.30. The lowest BCUT2D eigenvalue weighted by Gasteiger charge is -2.29. The molecule has 0 amide bonds. The number of nitrogens with one attached hydrogen (secondary N) is 1. The van der Waals surface area contributed by atoms with Gasteiger partial charge < -0.3 is 5.32 Å². The summed E-state index contributed by atoms with van der Waals surface area (Å²) in [5, 5.41) is 3.55. The van der Waals surface area contributed by atoms with Gasteiger partial charge in [-0.2, -0.15) is 0 Å². The third kappa shape index (κ3) is 2.38. The highest BCUT2D eigenvalue weighted by atomic mass is 15.0. The number of rotatable bonds is 1. The fourth-order valence-corrected chi connectivity index (χ4v) is 3.06. The van der Waals surface area contributed by atoms with Crippen LogP contribution in [0, 0.1) is 6.92 Å². The summed E-state index contributed by atoms with van der Waals surface area (Å²) in [4.78, 5) is 9.72. The zero-order valence-corrected chi connectivity index (χ0v) is 13.6. The van der Waals surface area contributed by atoms with Crippen molar-refractivity contribution in [2.45, 2.75) is 26.3 Å². The van der Waals surface area contributed by atoms with E-state index in [0.717, 1.165) is 39.2 Å². The van der Waals surface area contributed by atoms with Crippen LogP contribution in [-0.4, -0.2) is 15.5 Å². The Kier molecular flexibility index (Phi) is 2.98. The zero-order chi connectivity index (χ0) is 16.0. The second-order valence-corrected chi connectivity index (χ2v) is 6.60. The molecule has 0 atom stereocenters. The van der Waals surface area contributed by atoms with Crippen molar-refractivity contribution in [3.05, 3.63) is 59.8 Å². The average molecular weight is 301 g/mol. The van der Waals surface area contributed by atoms with Gasteiger partial charge in [0, 0.05) is 16.8 Å². The fraction of sp³-hybridized carbons (Fsp3) is 0.200. The number of fused-ring (bicyclic) bond motifs is 3. The van der Waals surface area contributed by atoms with E-state index in [4.69, 9.17) is 9.97 Å². The van der Waals surface area contributed by atoms with Crippen molar-refractivity contribution < 1.29 is 0 Å². The van der Waals surface area contributed by atoms with Crippen LogP contribution in [-0.2, 0) is 0 Å². The van der Waals surface area contributed by atoms with Crippen LogP contribution in [0.4, 0.5) is 5.69 Å². The molecule has 0 fully saturated rings. The first-order valence-corrected chi connectivity index (χ1v) is 7.88. The maximum Gasteiger partial charge on any atom is 0.0987 e. The topological polar surface area (TPSA) is 37.8 Å². The van der Waals surface area contributed by atoms with Crippen molar-refractivity contribution in [3.8, 4) is 11.3 Å². The van der Waals surface area contributed by atoms with Gasteiger partial charge in [-0.05, 0) is 32.9 Å². The van der Waals surface area contributed by atoms with Gasteiger partial charge in [0.2, 0.25) is 0 Å². The summed E-state index contributed by atoms with van der Waals surface area (Å²) in [5.41, 5.74) is 7.08. The van der Waals surface area contributed by atoms with Crippen LogP contribution in [0.5, 0.6) is 0 Å². The highest BCUT2D eigenvalue weighted by molar-refractivity contribution is 5.93. The van der Waals surface area contributed by atoms with Crippen molar-refractivity contribution >= 4 is 22.8 Å². The van der Waals surface area contributed by atoms with Gasteiger partial charge >= 0.3 is 0 Å². The lowest BCUT2D eigenvalue weighted by atomic mass is 9.96. The third-order valence-corrected chi connectivity index (χ3v) is 4.22. The summed E-state index contributed by atoms with van der Waals surface area (Å²) in [7, 11) is 0. The van der Waals surface area contributed by atoms with Gasteiger partial charge in [-0.3, -0.25) is 0 Å². The molecule has 2 heterocycles. The van der Waals surface area contributed by atoms with Crippen LogP contribution in [0.3, 0.4) is 0 Å². The Morgan fingerprint density at radius 3 is 2.52 bits per heavy atom. The average Bonchev–Trinajstić information content (AvgIpc) is 2.54. The molecule has 0 saturated heterocycles. The molecule has 1 aliphatic rings. The van der Waals surface area contributed by atoms with Crippen molar-refractivity contribution in [3.63, 3.8) is 0 Å². The Morgan fingerprint density at radius 2 is 1.74 bits per heavy atom. The monoisotopic (exact) mass is 301 g/mol. The Morgan fingerprint density at radius 1 is 0.957 bits per heavy atom. The van der Waals surface area contributed by atoms with Gasteiger partial charge in [-0.15, -0.1) is 0 Å². The molecular weight excluding hydrogens is 282 g/mol. The van der Waals surface area contributed by atoms with Crippen LogP contribution in [0.2, 0.25) is 0 Å². The van der Waals surface area contributed by atoms with E-state index < -0.39 is 0 Å². The Labute approximate surface area is 136 Å². The fourth-order valence-electron chi connectivity index (χ4n) is 3.06. The lowest BCUT2D eigenvalue weighted by molar-refractivity contribution is 0.711. The number of aromatic nitrogens is 2. The summed E-state index contributed by atoms with van der Waals surface area (Å²) in [6.45, 7) is 6.34. The van der Waals surface area contributed by atoms with Gasteiger partial charge in [-0.1, -0.05) is 42.5 Å². The molecule has 23 heavy (non-hydrogen) atoms. The maximum absolute atomic E-state index is 4.95. The molecule has 2 aromatic carbocycles. The summed E-state index contributed by atoms with van der Waals surface area (Å²) >= 11 is 0. The first-order valence-electron chi connectivity index (χ1n) is 7.88. The molecule has 3 nitrogen and oxygen atoms in total. The van der Waals surface area contributed by atoms with E-state index in [1.54, 1.807) is 0 Å². The number of benzene rings is 2. The molecule has 0 aliphatic carbocycles. The van der Waals surface area contributed by atoms with Crippen LogP contribution in [0.1, 0.15) is 25.1 Å². The van der Waals surface area contributed by atoms with Gasteiger partial charge in [0.1, 0.15) is 0 Å². The molecule has 3 aromatic rings. The van der Waals surface area contributed by atoms with Crippen LogP contribution < -0.4 is 5.32 Å². The molecule has 1 N–H and O–H groups in total. The van der Waals surface area contributed by atoms with Crippen molar-refractivity contribution in [1.29, 1.82) is 0 Å². The molecule has 4 rings (SSSR count). The first-order chi connectivity index (χ1) is 11.0. The number of hydrogen-bond donors (Lipinski definition) is 1. The largest absolute Gasteiger partial charge is 0.376 e. The smallest absolute Gasteiger partial charge is 0.0987 e. The van der Waals surface area contributed by atoms with Gasteiger partial charge in [-0.25, -0.2) is 9.97 Å². The van der Waals surface area contributed by atoms with Crippen LogP contribution >= 0.6 is 0 Å². The van der Waals surface area contributed by atoms with Gasteiger partial charge in [0.15, 0.2) is 0 Å². The number of aryl methyl sites for hydroxylation is 1. The Bertz CT molecular complexity index is 925. The predicted molar refractivity (Wildman–Crippen MR) is 96.4 cm³/mol. The molecule has 114 valence electrons. The zero-order valence-electron chi connectivity index (χ0n) is 13.6. The summed E-state index contributed by atoms with van der Waals surface area (Å²) in [6, 6.07) is 14.4. The molecule has 0 unspecified atom stereocenters. The minimum atomic E-state index is -0.0406.